The maximum Gasteiger partial charge on any atom is 0.268 e. The van der Waals surface area contributed by atoms with Crippen molar-refractivity contribution < 1.29 is 23.0 Å². The summed E-state index contributed by atoms with van der Waals surface area (Å²) in [6.07, 6.45) is 2.09. The van der Waals surface area contributed by atoms with Gasteiger partial charge in [-0.05, 0) is 47.9 Å². The smallest absolute Gasteiger partial charge is 0.268 e. The predicted octanol–water partition coefficient (Wildman–Crippen LogP) is 4.51. The monoisotopic (exact) mass is 456 g/mol. The molecule has 164 valence electrons. The fourth-order valence-corrected chi connectivity index (χ4v) is 3.28. The minimum Gasteiger partial charge on any atom is -0.493 e. The highest BCUT2D eigenvalue weighted by Crippen LogP contribution is 2.30. The van der Waals surface area contributed by atoms with E-state index >= 15 is 0 Å². The molecule has 2 aromatic carbocycles. The number of aromatic nitrogens is 2. The van der Waals surface area contributed by atoms with Crippen molar-refractivity contribution in [2.45, 2.75) is 20.0 Å². The van der Waals surface area contributed by atoms with E-state index in [1.54, 1.807) is 18.2 Å². The van der Waals surface area contributed by atoms with E-state index in [-0.39, 0.29) is 12.2 Å². The lowest BCUT2D eigenvalue weighted by Gasteiger charge is -2.12. The average Bonchev–Trinajstić information content (AvgIpc) is 3.25. The first-order chi connectivity index (χ1) is 15.4. The van der Waals surface area contributed by atoms with Crippen molar-refractivity contribution in [1.29, 1.82) is 5.26 Å². The van der Waals surface area contributed by atoms with Crippen molar-refractivity contribution in [2.75, 3.05) is 12.4 Å². The Hall–Kier alpha value is -3.84. The minimum absolute atomic E-state index is 0.00377. The van der Waals surface area contributed by atoms with Gasteiger partial charge in [0.15, 0.2) is 23.1 Å². The summed E-state index contributed by atoms with van der Waals surface area (Å²) in [5.41, 5.74) is 0.845. The standard InChI is InChI=1S/C22H18F2N4O3S/c1-3-20-27-28-22(32-20)26-21(29)15(11-25)8-13-5-7-18(19(10-13)30-2)31-12-14-4-6-16(23)17(24)9-14/h4-10H,3,12H2,1-2H3,(H,26,28,29)/b15-8-. The molecule has 0 spiro atoms. The molecule has 32 heavy (non-hydrogen) atoms. The molecule has 0 aliphatic carbocycles. The van der Waals surface area contributed by atoms with Gasteiger partial charge in [-0.3, -0.25) is 10.1 Å². The number of benzene rings is 2. The number of methoxy groups -OCH3 is 1. The van der Waals surface area contributed by atoms with E-state index in [1.807, 2.05) is 13.0 Å². The molecule has 0 fully saturated rings. The maximum absolute atomic E-state index is 13.4. The van der Waals surface area contributed by atoms with E-state index in [1.165, 1.54) is 30.6 Å². The zero-order valence-electron chi connectivity index (χ0n) is 17.2. The molecule has 0 aliphatic rings. The molecule has 0 saturated heterocycles. The Morgan fingerprint density at radius 2 is 2.00 bits per heavy atom. The number of nitrogens with one attached hydrogen (secondary N) is 1. The summed E-state index contributed by atoms with van der Waals surface area (Å²) in [5.74, 6) is -1.80. The number of carbonyl (C=O) groups is 1. The molecular weight excluding hydrogens is 438 g/mol. The van der Waals surface area contributed by atoms with E-state index < -0.39 is 17.5 Å². The molecule has 0 saturated carbocycles. The van der Waals surface area contributed by atoms with Gasteiger partial charge in [0.2, 0.25) is 5.13 Å². The second kappa shape index (κ2) is 10.5. The Bertz CT molecular complexity index is 1200. The van der Waals surface area contributed by atoms with Crippen molar-refractivity contribution in [1.82, 2.24) is 10.2 Å². The normalized spacial score (nSPS) is 11.0. The zero-order chi connectivity index (χ0) is 23.1. The van der Waals surface area contributed by atoms with E-state index in [2.05, 4.69) is 15.5 Å². The third kappa shape index (κ3) is 5.65. The quantitative estimate of drug-likeness (QED) is 0.396. The SMILES string of the molecule is CCc1nnc(NC(=O)/C(C#N)=C\c2ccc(OCc3ccc(F)c(F)c3)c(OC)c2)s1. The number of nitrogens with zero attached hydrogens (tertiary/aromatic N) is 3. The molecule has 0 atom stereocenters. The molecule has 1 heterocycles. The first-order valence-electron chi connectivity index (χ1n) is 9.43. The van der Waals surface area contributed by atoms with Crippen molar-refractivity contribution in [2.24, 2.45) is 0 Å². The number of hydrogen-bond donors (Lipinski definition) is 1. The number of carbonyl (C=O) groups excluding carboxylic acids is 1. The topological polar surface area (TPSA) is 97.1 Å². The first kappa shape index (κ1) is 22.8. The second-order valence-electron chi connectivity index (χ2n) is 6.43. The van der Waals surface area contributed by atoms with Crippen LogP contribution in [-0.2, 0) is 17.8 Å². The number of ether oxygens (including phenoxy) is 2. The molecule has 10 heteroatoms. The molecule has 1 aromatic heterocycles. The number of halogens is 2. The Morgan fingerprint density at radius 1 is 1.19 bits per heavy atom. The number of hydrogen-bond acceptors (Lipinski definition) is 7. The summed E-state index contributed by atoms with van der Waals surface area (Å²) >= 11 is 1.24. The van der Waals surface area contributed by atoms with Crippen molar-refractivity contribution >= 4 is 28.5 Å². The zero-order valence-corrected chi connectivity index (χ0v) is 18.0. The van der Waals surface area contributed by atoms with Crippen LogP contribution in [-0.4, -0.2) is 23.2 Å². The average molecular weight is 456 g/mol. The van der Waals surface area contributed by atoms with Crippen LogP contribution in [0.3, 0.4) is 0 Å². The highest BCUT2D eigenvalue weighted by atomic mass is 32.1. The Labute approximate surface area is 186 Å². The molecular formula is C22H18F2N4O3S. The lowest BCUT2D eigenvalue weighted by atomic mass is 10.1. The number of anilines is 1. The van der Waals surface area contributed by atoms with Gasteiger partial charge in [0.1, 0.15) is 23.3 Å². The molecule has 7 nitrogen and oxygen atoms in total. The lowest BCUT2D eigenvalue weighted by Crippen LogP contribution is -2.13. The van der Waals surface area contributed by atoms with E-state index in [0.29, 0.717) is 34.2 Å². The fourth-order valence-electron chi connectivity index (χ4n) is 2.61. The molecule has 3 rings (SSSR count). The number of aryl methyl sites for hydroxylation is 1. The molecule has 0 unspecified atom stereocenters. The Balaban J connectivity index is 1.74. The van der Waals surface area contributed by atoms with Gasteiger partial charge < -0.3 is 9.47 Å². The molecule has 1 amide bonds. The Kier molecular flexibility index (Phi) is 7.46. The third-order valence-corrected chi connectivity index (χ3v) is 5.21. The summed E-state index contributed by atoms with van der Waals surface area (Å²) in [4.78, 5) is 12.4. The predicted molar refractivity (Wildman–Crippen MR) is 115 cm³/mol. The van der Waals surface area contributed by atoms with Crippen molar-refractivity contribution in [3.63, 3.8) is 0 Å². The summed E-state index contributed by atoms with van der Waals surface area (Å²) in [6.45, 7) is 1.92. The van der Waals surface area contributed by atoms with E-state index in [9.17, 15) is 18.8 Å². The van der Waals surface area contributed by atoms with Crippen LogP contribution in [0.5, 0.6) is 11.5 Å². The van der Waals surface area contributed by atoms with Crippen molar-refractivity contribution in [3.8, 4) is 17.6 Å². The summed E-state index contributed by atoms with van der Waals surface area (Å²) in [5, 5.41) is 20.8. The molecule has 0 aliphatic heterocycles. The van der Waals surface area contributed by atoms with Gasteiger partial charge in [0.25, 0.3) is 5.91 Å². The van der Waals surface area contributed by atoms with Crippen LogP contribution < -0.4 is 14.8 Å². The van der Waals surface area contributed by atoms with Gasteiger partial charge in [-0.15, -0.1) is 10.2 Å². The highest BCUT2D eigenvalue weighted by Gasteiger charge is 2.14. The summed E-state index contributed by atoms with van der Waals surface area (Å²) < 4.78 is 37.4. The van der Waals surface area contributed by atoms with Gasteiger partial charge in [-0.25, -0.2) is 8.78 Å². The van der Waals surface area contributed by atoms with Crippen molar-refractivity contribution in [3.05, 3.63) is 69.7 Å². The summed E-state index contributed by atoms with van der Waals surface area (Å²) in [7, 11) is 1.44. The van der Waals surface area contributed by atoms with Gasteiger partial charge >= 0.3 is 0 Å². The first-order valence-corrected chi connectivity index (χ1v) is 10.3. The van der Waals surface area contributed by atoms with E-state index in [4.69, 9.17) is 9.47 Å². The van der Waals surface area contributed by atoms with Gasteiger partial charge in [0.05, 0.1) is 7.11 Å². The van der Waals surface area contributed by atoms with Crippen LogP contribution in [0, 0.1) is 23.0 Å². The lowest BCUT2D eigenvalue weighted by molar-refractivity contribution is -0.112. The highest BCUT2D eigenvalue weighted by molar-refractivity contribution is 7.15. The molecule has 1 N–H and O–H groups in total. The summed E-state index contributed by atoms with van der Waals surface area (Å²) in [6, 6.07) is 10.2. The number of rotatable bonds is 8. The number of amides is 1. The van der Waals surface area contributed by atoms with E-state index in [0.717, 1.165) is 17.1 Å². The maximum atomic E-state index is 13.4. The largest absolute Gasteiger partial charge is 0.493 e. The van der Waals surface area contributed by atoms with Gasteiger partial charge in [-0.2, -0.15) is 5.26 Å². The molecule has 0 bridgehead atoms. The second-order valence-corrected chi connectivity index (χ2v) is 7.49. The van der Waals surface area contributed by atoms with Crippen LogP contribution in [0.1, 0.15) is 23.1 Å². The van der Waals surface area contributed by atoms with Gasteiger partial charge in [-0.1, -0.05) is 30.4 Å². The Morgan fingerprint density at radius 3 is 2.66 bits per heavy atom. The van der Waals surface area contributed by atoms with Crippen LogP contribution in [0.4, 0.5) is 13.9 Å². The number of nitriles is 1. The van der Waals surface area contributed by atoms with Gasteiger partial charge in [0, 0.05) is 0 Å². The third-order valence-electron chi connectivity index (χ3n) is 4.23. The van der Waals surface area contributed by atoms with Crippen LogP contribution >= 0.6 is 11.3 Å². The van der Waals surface area contributed by atoms with Crippen LogP contribution in [0.2, 0.25) is 0 Å². The molecule has 3 aromatic rings. The fraction of sp³-hybridized carbons (Fsp3) is 0.182. The molecule has 0 radical (unpaired) electrons. The minimum atomic E-state index is -0.958. The van der Waals surface area contributed by atoms with Crippen LogP contribution in [0.15, 0.2) is 42.0 Å². The van der Waals surface area contributed by atoms with Crippen LogP contribution in [0.25, 0.3) is 6.08 Å².